The molecule has 0 radical (unpaired) electrons. The molecule has 88 valence electrons. The maximum absolute atomic E-state index is 5.81. The van der Waals surface area contributed by atoms with Gasteiger partial charge in [0.1, 0.15) is 11.5 Å². The molecule has 0 aliphatic rings. The van der Waals surface area contributed by atoms with E-state index in [4.69, 9.17) is 9.15 Å². The standard InChI is InChI=1S/C14H10N2O2/c1-2-6-11(7-3-1)18-13-9-5-4-8-12(13)14-16-15-10-17-14/h1-10H. The Balaban J connectivity index is 1.98. The minimum Gasteiger partial charge on any atom is -0.457 e. The van der Waals surface area contributed by atoms with Gasteiger partial charge in [0, 0.05) is 0 Å². The average molecular weight is 238 g/mol. The smallest absolute Gasteiger partial charge is 0.251 e. The van der Waals surface area contributed by atoms with Gasteiger partial charge in [0.15, 0.2) is 0 Å². The second-order valence-corrected chi connectivity index (χ2v) is 3.66. The Labute approximate surface area is 104 Å². The van der Waals surface area contributed by atoms with Crippen molar-refractivity contribution in [3.63, 3.8) is 0 Å². The Bertz CT molecular complexity index is 621. The maximum Gasteiger partial charge on any atom is 0.251 e. The highest BCUT2D eigenvalue weighted by molar-refractivity contribution is 5.62. The minimum atomic E-state index is 0.446. The topological polar surface area (TPSA) is 48.2 Å². The first kappa shape index (κ1) is 10.5. The molecular weight excluding hydrogens is 228 g/mol. The number of hydrogen-bond acceptors (Lipinski definition) is 4. The number of aromatic nitrogens is 2. The second kappa shape index (κ2) is 4.71. The zero-order valence-electron chi connectivity index (χ0n) is 9.48. The predicted octanol–water partition coefficient (Wildman–Crippen LogP) is 3.53. The molecule has 2 aromatic carbocycles. The summed E-state index contributed by atoms with van der Waals surface area (Å²) < 4.78 is 11.0. The molecule has 0 saturated heterocycles. The van der Waals surface area contributed by atoms with Gasteiger partial charge >= 0.3 is 0 Å². The summed E-state index contributed by atoms with van der Waals surface area (Å²) in [6.07, 6.45) is 1.30. The van der Waals surface area contributed by atoms with Gasteiger partial charge < -0.3 is 9.15 Å². The highest BCUT2D eigenvalue weighted by atomic mass is 16.5. The quantitative estimate of drug-likeness (QED) is 0.700. The lowest BCUT2D eigenvalue weighted by Crippen LogP contribution is -1.88. The first-order valence-corrected chi connectivity index (χ1v) is 5.52. The molecule has 0 N–H and O–H groups in total. The van der Waals surface area contributed by atoms with Gasteiger partial charge in [0.05, 0.1) is 5.56 Å². The first-order chi connectivity index (χ1) is 8.93. The van der Waals surface area contributed by atoms with Crippen molar-refractivity contribution in [2.45, 2.75) is 0 Å². The number of hydrogen-bond donors (Lipinski definition) is 0. The van der Waals surface area contributed by atoms with Crippen molar-refractivity contribution in [2.75, 3.05) is 0 Å². The van der Waals surface area contributed by atoms with E-state index >= 15 is 0 Å². The highest BCUT2D eigenvalue weighted by Crippen LogP contribution is 2.31. The Hall–Kier alpha value is -2.62. The molecule has 0 spiro atoms. The largest absolute Gasteiger partial charge is 0.457 e. The van der Waals surface area contributed by atoms with Crippen LogP contribution in [0.2, 0.25) is 0 Å². The Morgan fingerprint density at radius 2 is 1.67 bits per heavy atom. The van der Waals surface area contributed by atoms with Gasteiger partial charge in [-0.25, -0.2) is 0 Å². The summed E-state index contributed by atoms with van der Waals surface area (Å²) in [5.74, 6) is 1.90. The number of rotatable bonds is 3. The van der Waals surface area contributed by atoms with E-state index in [9.17, 15) is 0 Å². The van der Waals surface area contributed by atoms with Gasteiger partial charge in [-0.05, 0) is 24.3 Å². The molecule has 0 unspecified atom stereocenters. The number of benzene rings is 2. The van der Waals surface area contributed by atoms with Crippen LogP contribution in [-0.2, 0) is 0 Å². The molecule has 3 aromatic rings. The van der Waals surface area contributed by atoms with Crippen LogP contribution < -0.4 is 4.74 Å². The molecule has 1 heterocycles. The molecule has 0 aliphatic heterocycles. The number of ether oxygens (including phenoxy) is 1. The van der Waals surface area contributed by atoms with Crippen LogP contribution in [0.25, 0.3) is 11.5 Å². The van der Waals surface area contributed by atoms with E-state index in [1.165, 1.54) is 6.39 Å². The van der Waals surface area contributed by atoms with Crippen molar-refractivity contribution in [3.8, 4) is 23.0 Å². The van der Waals surface area contributed by atoms with E-state index in [0.29, 0.717) is 11.6 Å². The fraction of sp³-hybridized carbons (Fsp3) is 0. The van der Waals surface area contributed by atoms with Crippen molar-refractivity contribution in [1.29, 1.82) is 0 Å². The van der Waals surface area contributed by atoms with Crippen LogP contribution in [0.4, 0.5) is 0 Å². The fourth-order valence-electron chi connectivity index (χ4n) is 1.64. The van der Waals surface area contributed by atoms with E-state index in [0.717, 1.165) is 11.3 Å². The van der Waals surface area contributed by atoms with Crippen molar-refractivity contribution < 1.29 is 9.15 Å². The van der Waals surface area contributed by atoms with Crippen molar-refractivity contribution in [2.24, 2.45) is 0 Å². The van der Waals surface area contributed by atoms with E-state index in [1.807, 2.05) is 54.6 Å². The van der Waals surface area contributed by atoms with Gasteiger partial charge in [-0.1, -0.05) is 30.3 Å². The van der Waals surface area contributed by atoms with E-state index < -0.39 is 0 Å². The SMILES string of the molecule is c1ccc(Oc2ccccc2-c2nnco2)cc1. The summed E-state index contributed by atoms with van der Waals surface area (Å²) in [6, 6.07) is 17.1. The van der Waals surface area contributed by atoms with Crippen molar-refractivity contribution in [3.05, 3.63) is 61.0 Å². The van der Waals surface area contributed by atoms with Gasteiger partial charge in [0.25, 0.3) is 5.89 Å². The average Bonchev–Trinajstić information content (AvgIpc) is 2.94. The summed E-state index contributed by atoms with van der Waals surface area (Å²) in [5.41, 5.74) is 0.777. The monoisotopic (exact) mass is 238 g/mol. The van der Waals surface area contributed by atoms with E-state index in [1.54, 1.807) is 0 Å². The van der Waals surface area contributed by atoms with E-state index in [2.05, 4.69) is 10.2 Å². The Kier molecular flexibility index (Phi) is 2.75. The lowest BCUT2D eigenvalue weighted by molar-refractivity contribution is 0.480. The summed E-state index contributed by atoms with van der Waals surface area (Å²) >= 11 is 0. The van der Waals surface area contributed by atoms with Crippen LogP contribution in [0.1, 0.15) is 0 Å². The summed E-state index contributed by atoms with van der Waals surface area (Å²) in [5, 5.41) is 7.57. The molecule has 0 bridgehead atoms. The lowest BCUT2D eigenvalue weighted by atomic mass is 10.2. The van der Waals surface area contributed by atoms with Crippen LogP contribution in [0.3, 0.4) is 0 Å². The molecule has 18 heavy (non-hydrogen) atoms. The number of para-hydroxylation sites is 2. The van der Waals surface area contributed by atoms with Crippen molar-refractivity contribution >= 4 is 0 Å². The summed E-state index contributed by atoms with van der Waals surface area (Å²) in [6.45, 7) is 0. The number of nitrogens with zero attached hydrogens (tertiary/aromatic N) is 2. The third-order valence-electron chi connectivity index (χ3n) is 2.45. The lowest BCUT2D eigenvalue weighted by Gasteiger charge is -2.08. The normalized spacial score (nSPS) is 10.2. The van der Waals surface area contributed by atoms with Crippen LogP contribution in [0.5, 0.6) is 11.5 Å². The zero-order valence-corrected chi connectivity index (χ0v) is 9.48. The minimum absolute atomic E-state index is 0.446. The molecule has 0 amide bonds. The Morgan fingerprint density at radius 1 is 0.889 bits per heavy atom. The van der Waals surface area contributed by atoms with Gasteiger partial charge in [-0.2, -0.15) is 0 Å². The van der Waals surface area contributed by atoms with Crippen LogP contribution in [-0.4, -0.2) is 10.2 Å². The molecule has 4 heteroatoms. The summed E-state index contributed by atoms with van der Waals surface area (Å²) in [4.78, 5) is 0. The predicted molar refractivity (Wildman–Crippen MR) is 66.3 cm³/mol. The van der Waals surface area contributed by atoms with Gasteiger partial charge in [-0.3, -0.25) is 0 Å². The van der Waals surface area contributed by atoms with Gasteiger partial charge in [0.2, 0.25) is 6.39 Å². The highest BCUT2D eigenvalue weighted by Gasteiger charge is 2.10. The fourth-order valence-corrected chi connectivity index (χ4v) is 1.64. The molecular formula is C14H10N2O2. The molecule has 3 rings (SSSR count). The van der Waals surface area contributed by atoms with Crippen LogP contribution in [0, 0.1) is 0 Å². The first-order valence-electron chi connectivity index (χ1n) is 5.52. The van der Waals surface area contributed by atoms with E-state index in [-0.39, 0.29) is 0 Å². The Morgan fingerprint density at radius 3 is 2.44 bits per heavy atom. The van der Waals surface area contributed by atoms with Crippen molar-refractivity contribution in [1.82, 2.24) is 10.2 Å². The summed E-state index contributed by atoms with van der Waals surface area (Å²) in [7, 11) is 0. The molecule has 0 atom stereocenters. The molecule has 0 fully saturated rings. The third kappa shape index (κ3) is 2.08. The van der Waals surface area contributed by atoms with Gasteiger partial charge in [-0.15, -0.1) is 10.2 Å². The maximum atomic E-state index is 5.81. The second-order valence-electron chi connectivity index (χ2n) is 3.66. The van der Waals surface area contributed by atoms with Crippen LogP contribution >= 0.6 is 0 Å². The molecule has 1 aromatic heterocycles. The third-order valence-corrected chi connectivity index (χ3v) is 2.45. The molecule has 0 saturated carbocycles. The molecule has 4 nitrogen and oxygen atoms in total. The molecule has 0 aliphatic carbocycles. The zero-order chi connectivity index (χ0) is 12.2. The van der Waals surface area contributed by atoms with Crippen LogP contribution in [0.15, 0.2) is 65.4 Å².